The van der Waals surface area contributed by atoms with Crippen molar-refractivity contribution < 1.29 is 9.18 Å². The van der Waals surface area contributed by atoms with Crippen molar-refractivity contribution in [1.82, 2.24) is 9.88 Å². The van der Waals surface area contributed by atoms with Crippen LogP contribution in [0, 0.1) is 5.82 Å². The third-order valence-corrected chi connectivity index (χ3v) is 6.71. The van der Waals surface area contributed by atoms with Crippen LogP contribution in [0.25, 0.3) is 16.5 Å². The molecule has 2 aromatic heterocycles. The monoisotopic (exact) mass is 398 g/mol. The van der Waals surface area contributed by atoms with Crippen LogP contribution in [0.4, 0.5) is 4.39 Å². The van der Waals surface area contributed by atoms with Gasteiger partial charge in [-0.25, -0.2) is 9.37 Å². The minimum atomic E-state index is -0.229. The highest BCUT2D eigenvalue weighted by atomic mass is 32.1. The molecule has 1 aromatic carbocycles. The number of carbonyl (C=O) groups excluding carboxylic acids is 1. The molecule has 0 N–H and O–H groups in total. The van der Waals surface area contributed by atoms with Crippen molar-refractivity contribution in [3.63, 3.8) is 0 Å². The minimum absolute atomic E-state index is 0.0251. The lowest BCUT2D eigenvalue weighted by molar-refractivity contribution is -0.127. The Bertz CT molecular complexity index is 949. The van der Waals surface area contributed by atoms with Crippen molar-refractivity contribution in [1.29, 1.82) is 0 Å². The summed E-state index contributed by atoms with van der Waals surface area (Å²) in [5.74, 6) is 0.134. The van der Waals surface area contributed by atoms with Gasteiger partial charge in [0.05, 0.1) is 5.01 Å². The quantitative estimate of drug-likeness (QED) is 0.549. The maximum absolute atomic E-state index is 13.9. The number of hydrogen-bond donors (Lipinski definition) is 0. The molecular formula is C21H19FN2OS2. The zero-order valence-corrected chi connectivity index (χ0v) is 16.3. The SMILES string of the molecule is O=C(/C=C/c1ccc(-c2ccccc2F)s1)N1CCCC(c2nccs2)C1. The summed E-state index contributed by atoms with van der Waals surface area (Å²) in [6.45, 7) is 1.51. The third kappa shape index (κ3) is 4.17. The van der Waals surface area contributed by atoms with Gasteiger partial charge in [0.15, 0.2) is 0 Å². The summed E-state index contributed by atoms with van der Waals surface area (Å²) in [5, 5.41) is 3.10. The number of rotatable bonds is 4. The minimum Gasteiger partial charge on any atom is -0.338 e. The van der Waals surface area contributed by atoms with Crippen LogP contribution in [0.5, 0.6) is 0 Å². The van der Waals surface area contributed by atoms with E-state index >= 15 is 0 Å². The summed E-state index contributed by atoms with van der Waals surface area (Å²) in [7, 11) is 0. The van der Waals surface area contributed by atoms with Crippen molar-refractivity contribution in [3.05, 3.63) is 69.8 Å². The normalized spacial score (nSPS) is 17.5. The number of benzene rings is 1. The average Bonchev–Trinajstić information content (AvgIpc) is 3.39. The number of hydrogen-bond acceptors (Lipinski definition) is 4. The van der Waals surface area contributed by atoms with Crippen molar-refractivity contribution in [2.75, 3.05) is 13.1 Å². The first kappa shape index (κ1) is 18.1. The van der Waals surface area contributed by atoms with E-state index in [1.165, 1.54) is 17.4 Å². The van der Waals surface area contributed by atoms with Gasteiger partial charge in [0, 0.05) is 52.0 Å². The van der Waals surface area contributed by atoms with Gasteiger partial charge in [0.2, 0.25) is 5.91 Å². The highest BCUT2D eigenvalue weighted by Crippen LogP contribution is 2.31. The Hall–Kier alpha value is -2.31. The van der Waals surface area contributed by atoms with Gasteiger partial charge in [0.1, 0.15) is 5.82 Å². The number of likely N-dealkylation sites (tertiary alicyclic amines) is 1. The van der Waals surface area contributed by atoms with Gasteiger partial charge in [-0.05, 0) is 37.1 Å². The fourth-order valence-electron chi connectivity index (χ4n) is 3.32. The molecule has 3 nitrogen and oxygen atoms in total. The molecule has 0 spiro atoms. The molecule has 1 unspecified atom stereocenters. The summed E-state index contributed by atoms with van der Waals surface area (Å²) in [5.41, 5.74) is 0.593. The molecule has 1 aliphatic heterocycles. The van der Waals surface area contributed by atoms with Gasteiger partial charge in [0.25, 0.3) is 0 Å². The number of nitrogens with zero attached hydrogens (tertiary/aromatic N) is 2. The molecule has 1 fully saturated rings. The lowest BCUT2D eigenvalue weighted by Crippen LogP contribution is -2.38. The van der Waals surface area contributed by atoms with Gasteiger partial charge in [-0.1, -0.05) is 18.2 Å². The molecule has 0 aliphatic carbocycles. The maximum Gasteiger partial charge on any atom is 0.246 e. The van der Waals surface area contributed by atoms with Crippen molar-refractivity contribution in [2.45, 2.75) is 18.8 Å². The lowest BCUT2D eigenvalue weighted by atomic mass is 9.98. The molecule has 6 heteroatoms. The largest absolute Gasteiger partial charge is 0.338 e. The van der Waals surface area contributed by atoms with Crippen molar-refractivity contribution in [2.24, 2.45) is 0 Å². The first-order valence-corrected chi connectivity index (χ1v) is 10.6. The predicted octanol–water partition coefficient (Wildman–Crippen LogP) is 5.43. The third-order valence-electron chi connectivity index (χ3n) is 4.69. The second kappa shape index (κ2) is 8.15. The van der Waals surface area contributed by atoms with Crippen LogP contribution < -0.4 is 0 Å². The summed E-state index contributed by atoms with van der Waals surface area (Å²) in [4.78, 5) is 20.7. The molecule has 0 saturated carbocycles. The molecule has 138 valence electrons. The summed E-state index contributed by atoms with van der Waals surface area (Å²) < 4.78 is 13.9. The van der Waals surface area contributed by atoms with Crippen LogP contribution in [0.2, 0.25) is 0 Å². The Balaban J connectivity index is 1.42. The zero-order chi connectivity index (χ0) is 18.6. The zero-order valence-electron chi connectivity index (χ0n) is 14.7. The van der Waals surface area contributed by atoms with Crippen LogP contribution in [-0.2, 0) is 4.79 Å². The Morgan fingerprint density at radius 2 is 2.15 bits per heavy atom. The lowest BCUT2D eigenvalue weighted by Gasteiger charge is -2.31. The van der Waals surface area contributed by atoms with Gasteiger partial charge < -0.3 is 4.90 Å². The number of thiophene rings is 1. The van der Waals surface area contributed by atoms with Crippen LogP contribution in [0.1, 0.15) is 28.6 Å². The molecule has 0 bridgehead atoms. The number of halogens is 1. The Kier molecular flexibility index (Phi) is 5.45. The Morgan fingerprint density at radius 3 is 2.96 bits per heavy atom. The second-order valence-electron chi connectivity index (χ2n) is 6.51. The molecule has 3 heterocycles. The van der Waals surface area contributed by atoms with Gasteiger partial charge >= 0.3 is 0 Å². The molecule has 1 amide bonds. The van der Waals surface area contributed by atoms with Gasteiger partial charge in [-0.3, -0.25) is 4.79 Å². The second-order valence-corrected chi connectivity index (χ2v) is 8.55. The average molecular weight is 399 g/mol. The van der Waals surface area contributed by atoms with E-state index < -0.39 is 0 Å². The Morgan fingerprint density at radius 1 is 1.26 bits per heavy atom. The predicted molar refractivity (Wildman–Crippen MR) is 109 cm³/mol. The van der Waals surface area contributed by atoms with Gasteiger partial charge in [-0.15, -0.1) is 22.7 Å². The molecule has 27 heavy (non-hydrogen) atoms. The van der Waals surface area contributed by atoms with Crippen molar-refractivity contribution >= 4 is 34.7 Å². The molecule has 1 aliphatic rings. The fourth-order valence-corrected chi connectivity index (χ4v) is 5.03. The van der Waals surface area contributed by atoms with E-state index in [0.29, 0.717) is 11.5 Å². The molecule has 3 aromatic rings. The molecule has 0 radical (unpaired) electrons. The number of carbonyl (C=O) groups is 1. The molecule has 1 saturated heterocycles. The van der Waals surface area contributed by atoms with Crippen molar-refractivity contribution in [3.8, 4) is 10.4 Å². The first-order chi connectivity index (χ1) is 13.2. The van der Waals surface area contributed by atoms with E-state index in [1.54, 1.807) is 29.5 Å². The number of aromatic nitrogens is 1. The maximum atomic E-state index is 13.9. The van der Waals surface area contributed by atoms with Crippen LogP contribution in [-0.4, -0.2) is 28.9 Å². The smallest absolute Gasteiger partial charge is 0.246 e. The summed E-state index contributed by atoms with van der Waals surface area (Å²) in [6, 6.07) is 10.6. The van der Waals surface area contributed by atoms with E-state index in [2.05, 4.69) is 4.98 Å². The number of amides is 1. The van der Waals surface area contributed by atoms with E-state index in [4.69, 9.17) is 0 Å². The molecular weight excluding hydrogens is 379 g/mol. The Labute approximate surface area is 165 Å². The van der Waals surface area contributed by atoms with E-state index in [1.807, 2.05) is 40.8 Å². The number of thiazole rings is 1. The van der Waals surface area contributed by atoms with E-state index in [9.17, 15) is 9.18 Å². The summed E-state index contributed by atoms with van der Waals surface area (Å²) >= 11 is 3.14. The molecule has 4 rings (SSSR count). The van der Waals surface area contributed by atoms with Crippen LogP contribution in [0.15, 0.2) is 54.1 Å². The van der Waals surface area contributed by atoms with Crippen LogP contribution >= 0.6 is 22.7 Å². The number of piperidine rings is 1. The van der Waals surface area contributed by atoms with E-state index in [-0.39, 0.29) is 11.7 Å². The highest BCUT2D eigenvalue weighted by molar-refractivity contribution is 7.16. The highest BCUT2D eigenvalue weighted by Gasteiger charge is 2.25. The molecule has 1 atom stereocenters. The van der Waals surface area contributed by atoms with E-state index in [0.717, 1.165) is 40.7 Å². The van der Waals surface area contributed by atoms with Crippen LogP contribution in [0.3, 0.4) is 0 Å². The standard InChI is InChI=1S/C21H19FN2OS2/c22-18-6-2-1-5-17(18)19-9-7-16(27-19)8-10-20(25)24-12-3-4-15(14-24)21-23-11-13-26-21/h1-2,5-11,13,15H,3-4,12,14H2/b10-8+. The fraction of sp³-hybridized carbons (Fsp3) is 0.238. The summed E-state index contributed by atoms with van der Waals surface area (Å²) in [6.07, 6.45) is 7.36. The first-order valence-electron chi connectivity index (χ1n) is 8.92. The topological polar surface area (TPSA) is 33.2 Å². The van der Waals surface area contributed by atoms with Gasteiger partial charge in [-0.2, -0.15) is 0 Å².